The van der Waals surface area contributed by atoms with Gasteiger partial charge in [0.1, 0.15) is 0 Å². The van der Waals surface area contributed by atoms with E-state index in [-0.39, 0.29) is 10.6 Å². The minimum atomic E-state index is -1.54. The molecule has 21 heavy (non-hydrogen) atoms. The van der Waals surface area contributed by atoms with E-state index in [1.807, 2.05) is 13.0 Å². The number of piperazine rings is 1. The average molecular weight is 309 g/mol. The number of aryl methyl sites for hydroxylation is 1. The van der Waals surface area contributed by atoms with Gasteiger partial charge in [-0.3, -0.25) is 10.1 Å². The van der Waals surface area contributed by atoms with Crippen molar-refractivity contribution >= 4 is 19.7 Å². The van der Waals surface area contributed by atoms with Gasteiger partial charge in [-0.05, 0) is 38.2 Å². The third-order valence-electron chi connectivity index (χ3n) is 3.37. The Bertz CT molecular complexity index is 523. The Morgan fingerprint density at radius 3 is 2.29 bits per heavy atom. The molecule has 6 nitrogen and oxygen atoms in total. The fraction of sp³-hybridized carbons (Fsp3) is 0.571. The van der Waals surface area contributed by atoms with Crippen LogP contribution in [-0.4, -0.2) is 44.5 Å². The predicted octanol–water partition coefficient (Wildman–Crippen LogP) is 2.79. The Morgan fingerprint density at radius 2 is 1.81 bits per heavy atom. The first kappa shape index (κ1) is 15.9. The lowest BCUT2D eigenvalue weighted by Gasteiger charge is -2.38. The SMILES string of the molecule is Cc1cc([N+](=O)[O-])ccc1N1CCN(O[Si](C)(C)C)CC1. The molecule has 0 aromatic heterocycles. The van der Waals surface area contributed by atoms with Crippen LogP contribution < -0.4 is 4.90 Å². The predicted molar refractivity (Wildman–Crippen MR) is 86.1 cm³/mol. The zero-order valence-corrected chi connectivity index (χ0v) is 14.1. The van der Waals surface area contributed by atoms with Gasteiger partial charge in [0, 0.05) is 44.0 Å². The van der Waals surface area contributed by atoms with Crippen molar-refractivity contribution in [3.63, 3.8) is 0 Å². The lowest BCUT2D eigenvalue weighted by atomic mass is 10.1. The van der Waals surface area contributed by atoms with Gasteiger partial charge >= 0.3 is 0 Å². The molecular weight excluding hydrogens is 286 g/mol. The Hall–Kier alpha value is -1.44. The van der Waals surface area contributed by atoms with Crippen LogP contribution in [0.2, 0.25) is 19.6 Å². The second kappa shape index (κ2) is 6.13. The molecule has 1 aromatic carbocycles. The van der Waals surface area contributed by atoms with Crippen LogP contribution >= 0.6 is 0 Å². The van der Waals surface area contributed by atoms with Gasteiger partial charge in [0.25, 0.3) is 5.69 Å². The number of non-ortho nitro benzene ring substituents is 1. The maximum atomic E-state index is 10.8. The monoisotopic (exact) mass is 309 g/mol. The molecule has 0 atom stereocenters. The van der Waals surface area contributed by atoms with Gasteiger partial charge < -0.3 is 9.43 Å². The van der Waals surface area contributed by atoms with E-state index in [2.05, 4.69) is 29.6 Å². The van der Waals surface area contributed by atoms with E-state index >= 15 is 0 Å². The van der Waals surface area contributed by atoms with Crippen molar-refractivity contribution in [1.82, 2.24) is 5.06 Å². The number of nitro groups is 1. The molecule has 7 heteroatoms. The molecule has 0 amide bonds. The topological polar surface area (TPSA) is 58.9 Å². The van der Waals surface area contributed by atoms with Gasteiger partial charge in [0.15, 0.2) is 0 Å². The number of anilines is 1. The molecule has 0 spiro atoms. The Labute approximate surface area is 126 Å². The van der Waals surface area contributed by atoms with Gasteiger partial charge in [-0.2, -0.15) is 5.06 Å². The Balaban J connectivity index is 2.01. The summed E-state index contributed by atoms with van der Waals surface area (Å²) in [7, 11) is -1.54. The lowest BCUT2D eigenvalue weighted by Crippen LogP contribution is -2.50. The van der Waals surface area contributed by atoms with Gasteiger partial charge in [0.2, 0.25) is 8.32 Å². The van der Waals surface area contributed by atoms with Crippen LogP contribution in [0.1, 0.15) is 5.56 Å². The fourth-order valence-electron chi connectivity index (χ4n) is 2.52. The first-order chi connectivity index (χ1) is 9.76. The molecule has 1 aromatic rings. The fourth-order valence-corrected chi connectivity index (χ4v) is 3.47. The molecule has 1 aliphatic rings. The average Bonchev–Trinajstić information content (AvgIpc) is 2.38. The third-order valence-corrected chi connectivity index (χ3v) is 4.18. The number of benzene rings is 1. The summed E-state index contributed by atoms with van der Waals surface area (Å²) in [6.45, 7) is 11.9. The molecule has 0 unspecified atom stereocenters. The Kier molecular flexibility index (Phi) is 4.65. The molecule has 0 aliphatic carbocycles. The zero-order valence-electron chi connectivity index (χ0n) is 13.1. The summed E-state index contributed by atoms with van der Waals surface area (Å²) in [6, 6.07) is 5.07. The van der Waals surface area contributed by atoms with E-state index < -0.39 is 8.32 Å². The van der Waals surface area contributed by atoms with Crippen LogP contribution in [0.15, 0.2) is 18.2 Å². The lowest BCUT2D eigenvalue weighted by molar-refractivity contribution is -0.384. The third kappa shape index (κ3) is 4.26. The van der Waals surface area contributed by atoms with Crippen molar-refractivity contribution < 1.29 is 9.45 Å². The van der Waals surface area contributed by atoms with Crippen LogP contribution in [0.3, 0.4) is 0 Å². The van der Waals surface area contributed by atoms with Crippen molar-refractivity contribution in [1.29, 1.82) is 0 Å². The number of rotatable bonds is 4. The summed E-state index contributed by atoms with van der Waals surface area (Å²) >= 11 is 0. The van der Waals surface area contributed by atoms with Crippen LogP contribution in [-0.2, 0) is 4.53 Å². The van der Waals surface area contributed by atoms with Crippen LogP contribution in [0.25, 0.3) is 0 Å². The largest absolute Gasteiger partial charge is 0.369 e. The summed E-state index contributed by atoms with van der Waals surface area (Å²) in [5, 5.41) is 12.8. The first-order valence-electron chi connectivity index (χ1n) is 7.20. The van der Waals surface area contributed by atoms with Crippen LogP contribution in [0.5, 0.6) is 0 Å². The molecule has 0 N–H and O–H groups in total. The van der Waals surface area contributed by atoms with Crippen LogP contribution in [0.4, 0.5) is 11.4 Å². The molecule has 1 aliphatic heterocycles. The second-order valence-corrected chi connectivity index (χ2v) is 10.8. The molecule has 1 fully saturated rings. The maximum absolute atomic E-state index is 10.8. The quantitative estimate of drug-likeness (QED) is 0.486. The van der Waals surface area contributed by atoms with Crippen molar-refractivity contribution in [3.05, 3.63) is 33.9 Å². The zero-order chi connectivity index (χ0) is 15.6. The normalized spacial score (nSPS) is 17.0. The first-order valence-corrected chi connectivity index (χ1v) is 10.6. The van der Waals surface area contributed by atoms with E-state index in [4.69, 9.17) is 4.53 Å². The van der Waals surface area contributed by atoms with Crippen molar-refractivity contribution in [2.45, 2.75) is 26.6 Å². The number of nitro benzene ring substituents is 1. The number of nitrogens with zero attached hydrogens (tertiary/aromatic N) is 3. The van der Waals surface area contributed by atoms with Crippen molar-refractivity contribution in [3.8, 4) is 0 Å². The molecule has 0 bridgehead atoms. The Morgan fingerprint density at radius 1 is 1.19 bits per heavy atom. The van der Waals surface area contributed by atoms with E-state index in [1.165, 1.54) is 0 Å². The van der Waals surface area contributed by atoms with Crippen molar-refractivity contribution in [2.75, 3.05) is 31.1 Å². The van der Waals surface area contributed by atoms with E-state index in [0.717, 1.165) is 37.4 Å². The van der Waals surface area contributed by atoms with E-state index in [1.54, 1.807) is 12.1 Å². The molecule has 0 saturated carbocycles. The van der Waals surface area contributed by atoms with E-state index in [9.17, 15) is 10.1 Å². The van der Waals surface area contributed by atoms with Gasteiger partial charge in [0.05, 0.1) is 4.92 Å². The van der Waals surface area contributed by atoms with Crippen molar-refractivity contribution in [2.24, 2.45) is 0 Å². The number of hydrogen-bond donors (Lipinski definition) is 0. The molecule has 1 saturated heterocycles. The molecule has 2 rings (SSSR count). The summed E-state index contributed by atoms with van der Waals surface area (Å²) < 4.78 is 6.00. The van der Waals surface area contributed by atoms with E-state index in [0.29, 0.717) is 0 Å². The number of hydroxylamine groups is 2. The maximum Gasteiger partial charge on any atom is 0.269 e. The summed E-state index contributed by atoms with van der Waals surface area (Å²) in [4.78, 5) is 12.7. The molecule has 1 heterocycles. The minimum Gasteiger partial charge on any atom is -0.369 e. The highest BCUT2D eigenvalue weighted by Crippen LogP contribution is 2.26. The highest BCUT2D eigenvalue weighted by atomic mass is 28.4. The minimum absolute atomic E-state index is 0.150. The summed E-state index contributed by atoms with van der Waals surface area (Å²) in [5.41, 5.74) is 2.17. The second-order valence-electron chi connectivity index (χ2n) is 6.35. The smallest absolute Gasteiger partial charge is 0.269 e. The van der Waals surface area contributed by atoms with Crippen LogP contribution in [0, 0.1) is 17.0 Å². The number of hydrogen-bond acceptors (Lipinski definition) is 5. The summed E-state index contributed by atoms with van der Waals surface area (Å²) in [5.74, 6) is 0. The van der Waals surface area contributed by atoms with Gasteiger partial charge in [-0.1, -0.05) is 0 Å². The highest BCUT2D eigenvalue weighted by molar-refractivity contribution is 6.69. The standard InChI is InChI=1S/C14H23N3O3Si/c1-12-11-13(17(18)19)5-6-14(12)15-7-9-16(10-8-15)20-21(2,3)4/h5-6,11H,7-10H2,1-4H3. The van der Waals surface area contributed by atoms with Gasteiger partial charge in [-0.25, -0.2) is 0 Å². The van der Waals surface area contributed by atoms with Gasteiger partial charge in [-0.15, -0.1) is 0 Å². The highest BCUT2D eigenvalue weighted by Gasteiger charge is 2.24. The molecule has 116 valence electrons. The molecule has 0 radical (unpaired) electrons. The summed E-state index contributed by atoms with van der Waals surface area (Å²) in [6.07, 6.45) is 0. The molecular formula is C14H23N3O3Si.